The van der Waals surface area contributed by atoms with Crippen molar-refractivity contribution in [2.24, 2.45) is 4.99 Å². The zero-order chi connectivity index (χ0) is 13.0. The van der Waals surface area contributed by atoms with Crippen molar-refractivity contribution >= 4 is 11.9 Å². The maximum atomic E-state index is 9.71. The Hall–Kier alpha value is -2.53. The normalized spacial score (nSPS) is 10.4. The van der Waals surface area contributed by atoms with Gasteiger partial charge >= 0.3 is 0 Å². The van der Waals surface area contributed by atoms with E-state index in [-0.39, 0.29) is 5.75 Å². The van der Waals surface area contributed by atoms with Gasteiger partial charge in [0.05, 0.1) is 5.69 Å². The van der Waals surface area contributed by atoms with Gasteiger partial charge in [-0.05, 0) is 31.2 Å². The standard InChI is InChI=1S/C16H13NO/c1-3-13-6-4-5-7-15(13)17-11-14-10-12(2)8-9-16(14)18/h1,4-11,18H,2H3. The van der Waals surface area contributed by atoms with E-state index in [0.29, 0.717) is 5.56 Å². The van der Waals surface area contributed by atoms with E-state index in [1.54, 1.807) is 12.3 Å². The second kappa shape index (κ2) is 5.20. The lowest BCUT2D eigenvalue weighted by Crippen LogP contribution is -1.84. The highest BCUT2D eigenvalue weighted by Gasteiger charge is 1.99. The van der Waals surface area contributed by atoms with Gasteiger partial charge in [-0.25, -0.2) is 0 Å². The van der Waals surface area contributed by atoms with Gasteiger partial charge < -0.3 is 5.11 Å². The first-order valence-corrected chi connectivity index (χ1v) is 5.60. The van der Waals surface area contributed by atoms with Crippen LogP contribution < -0.4 is 0 Å². The Bertz CT molecular complexity index is 636. The molecule has 0 aliphatic carbocycles. The van der Waals surface area contributed by atoms with Gasteiger partial charge in [0, 0.05) is 17.3 Å². The number of aryl methyl sites for hydroxylation is 1. The van der Waals surface area contributed by atoms with Crippen LogP contribution in [0.15, 0.2) is 47.5 Å². The number of phenolic OH excluding ortho intramolecular Hbond substituents is 1. The minimum atomic E-state index is 0.211. The number of terminal acetylenes is 1. The summed E-state index contributed by atoms with van der Waals surface area (Å²) in [5, 5.41) is 9.71. The number of hydrogen-bond acceptors (Lipinski definition) is 2. The summed E-state index contributed by atoms with van der Waals surface area (Å²) >= 11 is 0. The average Bonchev–Trinajstić information content (AvgIpc) is 2.40. The second-order valence-corrected chi connectivity index (χ2v) is 3.98. The van der Waals surface area contributed by atoms with E-state index in [2.05, 4.69) is 10.9 Å². The van der Waals surface area contributed by atoms with E-state index >= 15 is 0 Å². The Kier molecular flexibility index (Phi) is 3.45. The molecule has 0 radical (unpaired) electrons. The van der Waals surface area contributed by atoms with Crippen molar-refractivity contribution < 1.29 is 5.11 Å². The quantitative estimate of drug-likeness (QED) is 0.627. The van der Waals surface area contributed by atoms with E-state index in [9.17, 15) is 5.11 Å². The van der Waals surface area contributed by atoms with Crippen LogP contribution >= 0.6 is 0 Å². The minimum absolute atomic E-state index is 0.211. The van der Waals surface area contributed by atoms with Crippen molar-refractivity contribution in [3.8, 4) is 18.1 Å². The minimum Gasteiger partial charge on any atom is -0.507 e. The van der Waals surface area contributed by atoms with Crippen LogP contribution in [0.3, 0.4) is 0 Å². The molecule has 0 aliphatic heterocycles. The smallest absolute Gasteiger partial charge is 0.124 e. The third kappa shape index (κ3) is 2.58. The number of hydrogen-bond donors (Lipinski definition) is 1. The summed E-state index contributed by atoms with van der Waals surface area (Å²) in [6.07, 6.45) is 7.02. The highest BCUT2D eigenvalue weighted by molar-refractivity contribution is 5.86. The number of aromatic hydroxyl groups is 1. The molecule has 0 spiro atoms. The monoisotopic (exact) mass is 235 g/mol. The lowest BCUT2D eigenvalue weighted by atomic mass is 10.1. The van der Waals surface area contributed by atoms with Crippen LogP contribution in [0.25, 0.3) is 0 Å². The first-order chi connectivity index (χ1) is 8.70. The second-order valence-electron chi connectivity index (χ2n) is 3.98. The lowest BCUT2D eigenvalue weighted by molar-refractivity contribution is 0.474. The lowest BCUT2D eigenvalue weighted by Gasteiger charge is -2.01. The Morgan fingerprint density at radius 3 is 2.78 bits per heavy atom. The largest absolute Gasteiger partial charge is 0.507 e. The molecule has 2 aromatic rings. The summed E-state index contributed by atoms with van der Waals surface area (Å²) in [7, 11) is 0. The van der Waals surface area contributed by atoms with Gasteiger partial charge in [-0.15, -0.1) is 6.42 Å². The van der Waals surface area contributed by atoms with Crippen LogP contribution in [0, 0.1) is 19.3 Å². The van der Waals surface area contributed by atoms with Crippen molar-refractivity contribution in [2.45, 2.75) is 6.92 Å². The molecule has 0 atom stereocenters. The average molecular weight is 235 g/mol. The maximum Gasteiger partial charge on any atom is 0.124 e. The molecule has 1 N–H and O–H groups in total. The first-order valence-electron chi connectivity index (χ1n) is 5.60. The van der Waals surface area contributed by atoms with Crippen molar-refractivity contribution in [3.05, 3.63) is 59.2 Å². The van der Waals surface area contributed by atoms with Crippen LogP contribution in [0.1, 0.15) is 16.7 Å². The predicted octanol–water partition coefficient (Wildman–Crippen LogP) is 3.43. The molecule has 0 unspecified atom stereocenters. The molecule has 2 aromatic carbocycles. The van der Waals surface area contributed by atoms with E-state index < -0.39 is 0 Å². The van der Waals surface area contributed by atoms with Gasteiger partial charge in [0.25, 0.3) is 0 Å². The van der Waals surface area contributed by atoms with Gasteiger partial charge in [0.2, 0.25) is 0 Å². The third-order valence-corrected chi connectivity index (χ3v) is 2.59. The summed E-state index contributed by atoms with van der Waals surface area (Å²) in [4.78, 5) is 4.32. The summed E-state index contributed by atoms with van der Waals surface area (Å²) in [6, 6.07) is 12.8. The summed E-state index contributed by atoms with van der Waals surface area (Å²) in [5.74, 6) is 2.79. The maximum absolute atomic E-state index is 9.71. The molecule has 0 saturated carbocycles. The third-order valence-electron chi connectivity index (χ3n) is 2.59. The van der Waals surface area contributed by atoms with Gasteiger partial charge in [-0.1, -0.05) is 29.7 Å². The zero-order valence-electron chi connectivity index (χ0n) is 10.1. The molecular weight excluding hydrogens is 222 g/mol. The topological polar surface area (TPSA) is 32.6 Å². The van der Waals surface area contributed by atoms with Gasteiger partial charge in [0.15, 0.2) is 0 Å². The Morgan fingerprint density at radius 2 is 2.00 bits per heavy atom. The molecular formula is C16H13NO. The Balaban J connectivity index is 2.36. The van der Waals surface area contributed by atoms with Crippen LogP contribution in [0.2, 0.25) is 0 Å². The molecule has 18 heavy (non-hydrogen) atoms. The number of para-hydroxylation sites is 1. The van der Waals surface area contributed by atoms with Crippen molar-refractivity contribution in [2.75, 3.05) is 0 Å². The molecule has 0 aromatic heterocycles. The van der Waals surface area contributed by atoms with E-state index in [1.165, 1.54) is 0 Å². The van der Waals surface area contributed by atoms with Gasteiger partial charge in [-0.3, -0.25) is 4.99 Å². The van der Waals surface area contributed by atoms with Crippen molar-refractivity contribution in [3.63, 3.8) is 0 Å². The van der Waals surface area contributed by atoms with E-state index in [1.807, 2.05) is 43.3 Å². The Labute approximate surface area is 107 Å². The number of phenols is 1. The van der Waals surface area contributed by atoms with Crippen LogP contribution in [-0.2, 0) is 0 Å². The van der Waals surface area contributed by atoms with Crippen molar-refractivity contribution in [1.82, 2.24) is 0 Å². The molecule has 0 saturated heterocycles. The summed E-state index contributed by atoms with van der Waals surface area (Å²) in [6.45, 7) is 1.96. The molecule has 2 rings (SSSR count). The fourth-order valence-electron chi connectivity index (χ4n) is 1.62. The van der Waals surface area contributed by atoms with E-state index in [0.717, 1.165) is 16.8 Å². The van der Waals surface area contributed by atoms with Crippen LogP contribution in [-0.4, -0.2) is 11.3 Å². The highest BCUT2D eigenvalue weighted by atomic mass is 16.3. The van der Waals surface area contributed by atoms with Crippen molar-refractivity contribution in [1.29, 1.82) is 0 Å². The Morgan fingerprint density at radius 1 is 1.22 bits per heavy atom. The molecule has 2 heteroatoms. The van der Waals surface area contributed by atoms with Gasteiger partial charge in [0.1, 0.15) is 5.75 Å². The SMILES string of the molecule is C#Cc1ccccc1N=Cc1cc(C)ccc1O. The molecule has 88 valence electrons. The number of aliphatic imine (C=N–C) groups is 1. The molecule has 0 fully saturated rings. The predicted molar refractivity (Wildman–Crippen MR) is 74.5 cm³/mol. The molecule has 0 aliphatic rings. The van der Waals surface area contributed by atoms with Gasteiger partial charge in [-0.2, -0.15) is 0 Å². The zero-order valence-corrected chi connectivity index (χ0v) is 10.1. The molecule has 0 bridgehead atoms. The summed E-state index contributed by atoms with van der Waals surface area (Å²) in [5.41, 5.74) is 3.21. The fraction of sp³-hybridized carbons (Fsp3) is 0.0625. The van der Waals surface area contributed by atoms with E-state index in [4.69, 9.17) is 6.42 Å². The molecule has 2 nitrogen and oxygen atoms in total. The number of rotatable bonds is 2. The van der Waals surface area contributed by atoms with Crippen LogP contribution in [0.4, 0.5) is 5.69 Å². The molecule has 0 amide bonds. The molecule has 0 heterocycles. The first kappa shape index (κ1) is 11.9. The number of benzene rings is 2. The van der Waals surface area contributed by atoms with Crippen LogP contribution in [0.5, 0.6) is 5.75 Å². The number of nitrogens with zero attached hydrogens (tertiary/aromatic N) is 1. The summed E-state index contributed by atoms with van der Waals surface area (Å²) < 4.78 is 0. The highest BCUT2D eigenvalue weighted by Crippen LogP contribution is 2.20. The fourth-order valence-corrected chi connectivity index (χ4v) is 1.62.